The number of carboxylic acids is 1. The Kier molecular flexibility index (Phi) is 4.70. The number of aryl methyl sites for hydroxylation is 1. The van der Waals surface area contributed by atoms with Crippen LogP contribution in [0.4, 0.5) is 0 Å². The first-order valence-corrected chi connectivity index (χ1v) is 6.96. The van der Waals surface area contributed by atoms with E-state index in [1.54, 1.807) is 4.68 Å². The SMILES string of the molecule is Cc1c(CCC(=O)O)nnn1CC(=O)N1CCCCC1. The fraction of sp³-hybridized carbons (Fsp3) is 0.692. The van der Waals surface area contributed by atoms with Gasteiger partial charge in [-0.2, -0.15) is 0 Å². The monoisotopic (exact) mass is 280 g/mol. The minimum absolute atomic E-state index is 0.0274. The second-order valence-electron chi connectivity index (χ2n) is 5.11. The molecule has 7 nitrogen and oxygen atoms in total. The normalized spacial score (nSPS) is 15.3. The zero-order valence-electron chi connectivity index (χ0n) is 11.7. The number of rotatable bonds is 5. The van der Waals surface area contributed by atoms with Gasteiger partial charge in [-0.25, -0.2) is 4.68 Å². The minimum Gasteiger partial charge on any atom is -0.481 e. The largest absolute Gasteiger partial charge is 0.481 e. The quantitative estimate of drug-likeness (QED) is 0.854. The number of hydrogen-bond donors (Lipinski definition) is 1. The van der Waals surface area contributed by atoms with Crippen molar-refractivity contribution in [3.8, 4) is 0 Å². The number of carboxylic acid groups (broad SMARTS) is 1. The third kappa shape index (κ3) is 3.55. The molecule has 0 aliphatic carbocycles. The molecule has 1 saturated heterocycles. The maximum atomic E-state index is 12.1. The lowest BCUT2D eigenvalue weighted by Crippen LogP contribution is -2.38. The molecular weight excluding hydrogens is 260 g/mol. The smallest absolute Gasteiger partial charge is 0.303 e. The first-order chi connectivity index (χ1) is 9.58. The Labute approximate surface area is 117 Å². The van der Waals surface area contributed by atoms with Gasteiger partial charge in [0.15, 0.2) is 0 Å². The zero-order valence-corrected chi connectivity index (χ0v) is 11.7. The number of aliphatic carboxylic acids is 1. The van der Waals surface area contributed by atoms with Crippen LogP contribution in [-0.4, -0.2) is 50.0 Å². The van der Waals surface area contributed by atoms with Crippen LogP contribution < -0.4 is 0 Å². The second kappa shape index (κ2) is 6.49. The van der Waals surface area contributed by atoms with Gasteiger partial charge in [-0.1, -0.05) is 5.21 Å². The third-order valence-electron chi connectivity index (χ3n) is 3.65. The van der Waals surface area contributed by atoms with Crippen molar-refractivity contribution >= 4 is 11.9 Å². The van der Waals surface area contributed by atoms with Crippen LogP contribution in [0, 0.1) is 6.92 Å². The Hall–Kier alpha value is -1.92. The summed E-state index contributed by atoms with van der Waals surface area (Å²) >= 11 is 0. The standard InChI is InChI=1S/C13H20N4O3/c1-10-11(5-6-13(19)20)14-15-17(10)9-12(18)16-7-3-2-4-8-16/h2-9H2,1H3,(H,19,20). The molecule has 2 rings (SSSR count). The van der Waals surface area contributed by atoms with Crippen molar-refractivity contribution in [2.45, 2.75) is 45.6 Å². The Morgan fingerprint density at radius 2 is 1.95 bits per heavy atom. The van der Waals surface area contributed by atoms with E-state index in [-0.39, 0.29) is 18.9 Å². The van der Waals surface area contributed by atoms with Crippen molar-refractivity contribution in [2.75, 3.05) is 13.1 Å². The Morgan fingerprint density at radius 1 is 1.25 bits per heavy atom. The molecule has 0 unspecified atom stereocenters. The Morgan fingerprint density at radius 3 is 2.60 bits per heavy atom. The summed E-state index contributed by atoms with van der Waals surface area (Å²) in [5.74, 6) is -0.800. The van der Waals surface area contributed by atoms with Gasteiger partial charge in [0.2, 0.25) is 5.91 Å². The van der Waals surface area contributed by atoms with Gasteiger partial charge in [0, 0.05) is 19.5 Å². The minimum atomic E-state index is -0.858. The summed E-state index contributed by atoms with van der Waals surface area (Å²) in [4.78, 5) is 24.6. The van der Waals surface area contributed by atoms with E-state index >= 15 is 0 Å². The number of amides is 1. The van der Waals surface area contributed by atoms with Crippen LogP contribution in [0.3, 0.4) is 0 Å². The molecule has 1 aromatic heterocycles. The van der Waals surface area contributed by atoms with E-state index in [0.717, 1.165) is 31.6 Å². The molecule has 0 bridgehead atoms. The number of carbonyl (C=O) groups is 2. The van der Waals surface area contributed by atoms with Crippen molar-refractivity contribution in [1.29, 1.82) is 0 Å². The highest BCUT2D eigenvalue weighted by Gasteiger charge is 2.19. The molecule has 0 saturated carbocycles. The first-order valence-electron chi connectivity index (χ1n) is 6.96. The van der Waals surface area contributed by atoms with Gasteiger partial charge in [-0.3, -0.25) is 9.59 Å². The number of likely N-dealkylation sites (tertiary alicyclic amines) is 1. The van der Waals surface area contributed by atoms with E-state index < -0.39 is 5.97 Å². The average Bonchev–Trinajstić information content (AvgIpc) is 2.78. The zero-order chi connectivity index (χ0) is 14.5. The third-order valence-corrected chi connectivity index (χ3v) is 3.65. The molecule has 1 aliphatic rings. The maximum absolute atomic E-state index is 12.1. The van der Waals surface area contributed by atoms with E-state index in [9.17, 15) is 9.59 Å². The van der Waals surface area contributed by atoms with E-state index in [2.05, 4.69) is 10.3 Å². The maximum Gasteiger partial charge on any atom is 0.303 e. The second-order valence-corrected chi connectivity index (χ2v) is 5.11. The van der Waals surface area contributed by atoms with Crippen molar-refractivity contribution < 1.29 is 14.7 Å². The van der Waals surface area contributed by atoms with E-state index in [0.29, 0.717) is 12.1 Å². The van der Waals surface area contributed by atoms with Gasteiger partial charge in [0.05, 0.1) is 17.8 Å². The average molecular weight is 280 g/mol. The Bertz CT molecular complexity index is 492. The molecule has 0 atom stereocenters. The summed E-state index contributed by atoms with van der Waals surface area (Å²) in [5, 5.41) is 16.6. The van der Waals surface area contributed by atoms with Gasteiger partial charge < -0.3 is 10.0 Å². The molecule has 0 radical (unpaired) electrons. The molecule has 1 N–H and O–H groups in total. The highest BCUT2D eigenvalue weighted by Crippen LogP contribution is 2.11. The van der Waals surface area contributed by atoms with Crippen LogP contribution in [0.15, 0.2) is 0 Å². The van der Waals surface area contributed by atoms with Crippen LogP contribution in [0.1, 0.15) is 37.1 Å². The molecule has 0 aromatic carbocycles. The van der Waals surface area contributed by atoms with Crippen LogP contribution in [0.2, 0.25) is 0 Å². The molecular formula is C13H20N4O3. The number of carbonyl (C=O) groups excluding carboxylic acids is 1. The van der Waals surface area contributed by atoms with Crippen molar-refractivity contribution in [3.63, 3.8) is 0 Å². The Balaban J connectivity index is 1.95. The predicted molar refractivity (Wildman–Crippen MR) is 71.1 cm³/mol. The number of piperidine rings is 1. The topological polar surface area (TPSA) is 88.3 Å². The first kappa shape index (κ1) is 14.5. The van der Waals surface area contributed by atoms with E-state index in [4.69, 9.17) is 5.11 Å². The highest BCUT2D eigenvalue weighted by molar-refractivity contribution is 5.76. The lowest BCUT2D eigenvalue weighted by molar-refractivity contribution is -0.137. The number of hydrogen-bond acceptors (Lipinski definition) is 4. The van der Waals surface area contributed by atoms with Crippen LogP contribution in [-0.2, 0) is 22.6 Å². The van der Waals surface area contributed by atoms with Gasteiger partial charge in [-0.05, 0) is 26.2 Å². The van der Waals surface area contributed by atoms with Crippen molar-refractivity contribution in [3.05, 3.63) is 11.4 Å². The van der Waals surface area contributed by atoms with Crippen molar-refractivity contribution in [2.24, 2.45) is 0 Å². The fourth-order valence-corrected chi connectivity index (χ4v) is 2.37. The number of aromatic nitrogens is 3. The molecule has 7 heteroatoms. The summed E-state index contributed by atoms with van der Waals surface area (Å²) in [7, 11) is 0. The van der Waals surface area contributed by atoms with Crippen LogP contribution in [0.25, 0.3) is 0 Å². The summed E-state index contributed by atoms with van der Waals surface area (Å²) in [5.41, 5.74) is 1.43. The molecule has 110 valence electrons. The molecule has 20 heavy (non-hydrogen) atoms. The lowest BCUT2D eigenvalue weighted by Gasteiger charge is -2.26. The summed E-state index contributed by atoms with van der Waals surface area (Å²) in [6.45, 7) is 3.64. The summed E-state index contributed by atoms with van der Waals surface area (Å²) < 4.78 is 1.56. The summed E-state index contributed by atoms with van der Waals surface area (Å²) in [6, 6.07) is 0. The fourth-order valence-electron chi connectivity index (χ4n) is 2.37. The van der Waals surface area contributed by atoms with Gasteiger partial charge in [0.1, 0.15) is 6.54 Å². The van der Waals surface area contributed by atoms with Crippen LogP contribution >= 0.6 is 0 Å². The molecule has 0 spiro atoms. The molecule has 1 aliphatic heterocycles. The molecule has 2 heterocycles. The van der Waals surface area contributed by atoms with E-state index in [1.165, 1.54) is 6.42 Å². The van der Waals surface area contributed by atoms with E-state index in [1.807, 2.05) is 11.8 Å². The van der Waals surface area contributed by atoms with Gasteiger partial charge >= 0.3 is 5.97 Å². The summed E-state index contributed by atoms with van der Waals surface area (Å²) in [6.07, 6.45) is 3.68. The van der Waals surface area contributed by atoms with Gasteiger partial charge in [0.25, 0.3) is 0 Å². The predicted octanol–water partition coefficient (Wildman–Crippen LogP) is 0.616. The molecule has 1 fully saturated rings. The number of nitrogens with zero attached hydrogens (tertiary/aromatic N) is 4. The lowest BCUT2D eigenvalue weighted by atomic mass is 10.1. The highest BCUT2D eigenvalue weighted by atomic mass is 16.4. The van der Waals surface area contributed by atoms with Gasteiger partial charge in [-0.15, -0.1) is 5.10 Å². The molecule has 1 amide bonds. The van der Waals surface area contributed by atoms with Crippen molar-refractivity contribution in [1.82, 2.24) is 19.9 Å². The molecule has 1 aromatic rings. The van der Waals surface area contributed by atoms with Crippen LogP contribution in [0.5, 0.6) is 0 Å².